The van der Waals surface area contributed by atoms with Crippen molar-refractivity contribution in [3.63, 3.8) is 0 Å². The molecule has 124 valence electrons. The number of hydrogen-bond donors (Lipinski definition) is 3. The first-order valence-corrected chi connectivity index (χ1v) is 9.99. The molecule has 2 rings (SSSR count). The van der Waals surface area contributed by atoms with Crippen LogP contribution in [0.5, 0.6) is 0 Å². The molecule has 1 aromatic rings. The fraction of sp³-hybridized carbons (Fsp3) is 0.538. The molecule has 1 fully saturated rings. The van der Waals surface area contributed by atoms with E-state index in [0.717, 1.165) is 13.0 Å². The second-order valence-corrected chi connectivity index (χ2v) is 8.98. The molecular formula is C13H21N3O4S2. The zero-order valence-corrected chi connectivity index (χ0v) is 14.2. The van der Waals surface area contributed by atoms with Gasteiger partial charge in [-0.15, -0.1) is 0 Å². The quantitative estimate of drug-likeness (QED) is 0.688. The highest BCUT2D eigenvalue weighted by Gasteiger charge is 2.26. The number of hydrogen-bond acceptors (Lipinski definition) is 5. The molecule has 0 aromatic heterocycles. The lowest BCUT2D eigenvalue weighted by atomic mass is 9.96. The molecule has 1 aliphatic rings. The third-order valence-electron chi connectivity index (χ3n) is 3.85. The molecule has 0 spiro atoms. The minimum Gasteiger partial charge on any atom is -0.315 e. The summed E-state index contributed by atoms with van der Waals surface area (Å²) in [7, 11) is -5.93. The van der Waals surface area contributed by atoms with Crippen molar-refractivity contribution in [2.24, 2.45) is 5.92 Å². The first-order valence-electron chi connectivity index (χ1n) is 7.03. The Balaban J connectivity index is 2.19. The second-order valence-electron chi connectivity index (χ2n) is 5.38. The van der Waals surface area contributed by atoms with Gasteiger partial charge >= 0.3 is 0 Å². The lowest BCUT2D eigenvalue weighted by molar-refractivity contribution is 0.327. The van der Waals surface area contributed by atoms with E-state index in [0.29, 0.717) is 6.54 Å². The van der Waals surface area contributed by atoms with Crippen LogP contribution in [0.2, 0.25) is 0 Å². The van der Waals surface area contributed by atoms with Crippen molar-refractivity contribution >= 4 is 20.0 Å². The standard InChI is InChI=1S/C13H21N3O4S2/c1-10-7-8-15-9-13(10)16-22(19,20)12-5-3-11(4-6-12)21(17,18)14-2/h3-6,10,13-16H,7-9H2,1-2H3. The number of sulfonamides is 2. The zero-order chi connectivity index (χ0) is 16.4. The summed E-state index contributed by atoms with van der Waals surface area (Å²) in [4.78, 5) is 0.0852. The molecule has 1 heterocycles. The number of piperidine rings is 1. The van der Waals surface area contributed by atoms with Gasteiger partial charge in [0.05, 0.1) is 9.79 Å². The number of benzene rings is 1. The molecule has 0 saturated carbocycles. The van der Waals surface area contributed by atoms with E-state index in [2.05, 4.69) is 14.8 Å². The Morgan fingerprint density at radius 1 is 1.05 bits per heavy atom. The van der Waals surface area contributed by atoms with Crippen LogP contribution in [0.3, 0.4) is 0 Å². The van der Waals surface area contributed by atoms with Gasteiger partial charge in [-0.05, 0) is 50.2 Å². The predicted octanol–water partition coefficient (Wildman–Crippen LogP) is -0.129. The normalized spacial score (nSPS) is 23.4. The molecule has 0 bridgehead atoms. The molecule has 0 aliphatic carbocycles. The van der Waals surface area contributed by atoms with Crippen molar-refractivity contribution in [3.05, 3.63) is 24.3 Å². The van der Waals surface area contributed by atoms with Crippen molar-refractivity contribution in [3.8, 4) is 0 Å². The van der Waals surface area contributed by atoms with Crippen LogP contribution >= 0.6 is 0 Å². The first kappa shape index (κ1) is 17.4. The predicted molar refractivity (Wildman–Crippen MR) is 83.4 cm³/mol. The number of rotatable bonds is 5. The average Bonchev–Trinajstić information content (AvgIpc) is 2.49. The lowest BCUT2D eigenvalue weighted by Crippen LogP contribution is -2.50. The van der Waals surface area contributed by atoms with Gasteiger partial charge in [-0.2, -0.15) is 0 Å². The summed E-state index contributed by atoms with van der Waals surface area (Å²) in [6.45, 7) is 3.49. The molecule has 2 atom stereocenters. The molecule has 1 aliphatic heterocycles. The molecule has 1 aromatic carbocycles. The summed E-state index contributed by atoms with van der Waals surface area (Å²) in [5.41, 5.74) is 0. The summed E-state index contributed by atoms with van der Waals surface area (Å²) in [5.74, 6) is 0.250. The SMILES string of the molecule is CNS(=O)(=O)c1ccc(S(=O)(=O)NC2CNCCC2C)cc1. The average molecular weight is 347 g/mol. The van der Waals surface area contributed by atoms with Gasteiger partial charge in [0.15, 0.2) is 0 Å². The third kappa shape index (κ3) is 3.85. The van der Waals surface area contributed by atoms with E-state index in [-0.39, 0.29) is 21.8 Å². The first-order chi connectivity index (χ1) is 10.3. The van der Waals surface area contributed by atoms with Gasteiger partial charge in [0.2, 0.25) is 20.0 Å². The van der Waals surface area contributed by atoms with Crippen molar-refractivity contribution in [1.82, 2.24) is 14.8 Å². The van der Waals surface area contributed by atoms with E-state index in [1.165, 1.54) is 31.3 Å². The minimum atomic E-state index is -3.67. The summed E-state index contributed by atoms with van der Waals surface area (Å²) < 4.78 is 52.9. The zero-order valence-electron chi connectivity index (χ0n) is 12.5. The maximum atomic E-state index is 12.4. The largest absolute Gasteiger partial charge is 0.315 e. The van der Waals surface area contributed by atoms with Crippen LogP contribution in [0, 0.1) is 5.92 Å². The topological polar surface area (TPSA) is 104 Å². The summed E-state index contributed by atoms with van der Waals surface area (Å²) in [5, 5.41) is 3.16. The van der Waals surface area contributed by atoms with Gasteiger partial charge < -0.3 is 5.32 Å². The summed E-state index contributed by atoms with van der Waals surface area (Å²) in [6.07, 6.45) is 0.909. The second kappa shape index (κ2) is 6.63. The highest BCUT2D eigenvalue weighted by atomic mass is 32.2. The summed E-state index contributed by atoms with van der Waals surface area (Å²) >= 11 is 0. The van der Waals surface area contributed by atoms with E-state index in [1.807, 2.05) is 6.92 Å². The Morgan fingerprint density at radius 2 is 1.59 bits per heavy atom. The van der Waals surface area contributed by atoms with E-state index < -0.39 is 20.0 Å². The molecule has 1 saturated heterocycles. The molecule has 0 amide bonds. The van der Waals surface area contributed by atoms with Crippen LogP contribution in [0.1, 0.15) is 13.3 Å². The smallest absolute Gasteiger partial charge is 0.240 e. The van der Waals surface area contributed by atoms with E-state index in [9.17, 15) is 16.8 Å². The highest BCUT2D eigenvalue weighted by Crippen LogP contribution is 2.17. The molecule has 7 nitrogen and oxygen atoms in total. The monoisotopic (exact) mass is 347 g/mol. The highest BCUT2D eigenvalue weighted by molar-refractivity contribution is 7.90. The Bertz CT molecular complexity index is 714. The third-order valence-corrected chi connectivity index (χ3v) is 6.78. The lowest BCUT2D eigenvalue weighted by Gasteiger charge is -2.29. The molecule has 22 heavy (non-hydrogen) atoms. The van der Waals surface area contributed by atoms with Gasteiger partial charge in [-0.1, -0.05) is 6.92 Å². The van der Waals surface area contributed by atoms with Gasteiger partial charge in [0, 0.05) is 12.6 Å². The Kier molecular flexibility index (Phi) is 5.23. The van der Waals surface area contributed by atoms with Gasteiger partial charge in [0.25, 0.3) is 0 Å². The van der Waals surface area contributed by atoms with Crippen molar-refractivity contribution in [2.45, 2.75) is 29.2 Å². The van der Waals surface area contributed by atoms with Crippen molar-refractivity contribution < 1.29 is 16.8 Å². The van der Waals surface area contributed by atoms with E-state index >= 15 is 0 Å². The van der Waals surface area contributed by atoms with Crippen molar-refractivity contribution in [1.29, 1.82) is 0 Å². The van der Waals surface area contributed by atoms with Crippen LogP contribution in [0.25, 0.3) is 0 Å². The molecule has 0 radical (unpaired) electrons. The van der Waals surface area contributed by atoms with Crippen molar-refractivity contribution in [2.75, 3.05) is 20.1 Å². The van der Waals surface area contributed by atoms with Gasteiger partial charge in [-0.25, -0.2) is 26.3 Å². The maximum absolute atomic E-state index is 12.4. The minimum absolute atomic E-state index is 0.0293. The van der Waals surface area contributed by atoms with Crippen LogP contribution in [0.15, 0.2) is 34.1 Å². The van der Waals surface area contributed by atoms with E-state index in [4.69, 9.17) is 0 Å². The Labute approximate surface area is 131 Å². The van der Waals surface area contributed by atoms with Crippen LogP contribution in [0.4, 0.5) is 0 Å². The van der Waals surface area contributed by atoms with Gasteiger partial charge in [-0.3, -0.25) is 0 Å². The Hall–Kier alpha value is -1.00. The summed E-state index contributed by atoms with van der Waals surface area (Å²) in [6, 6.07) is 4.99. The molecule has 3 N–H and O–H groups in total. The van der Waals surface area contributed by atoms with Crippen LogP contribution in [-0.4, -0.2) is 43.0 Å². The van der Waals surface area contributed by atoms with Gasteiger partial charge in [0.1, 0.15) is 0 Å². The molecular weight excluding hydrogens is 326 g/mol. The maximum Gasteiger partial charge on any atom is 0.240 e. The van der Waals surface area contributed by atoms with E-state index in [1.54, 1.807) is 0 Å². The van der Waals surface area contributed by atoms with Crippen LogP contribution < -0.4 is 14.8 Å². The fourth-order valence-corrected chi connectivity index (χ4v) is 4.41. The fourth-order valence-electron chi connectivity index (χ4n) is 2.33. The number of nitrogens with one attached hydrogen (secondary N) is 3. The molecule has 2 unspecified atom stereocenters. The molecule has 9 heteroatoms. The van der Waals surface area contributed by atoms with Crippen LogP contribution in [-0.2, 0) is 20.0 Å². The Morgan fingerprint density at radius 3 is 2.09 bits per heavy atom.